The van der Waals surface area contributed by atoms with Gasteiger partial charge in [-0.25, -0.2) is 0 Å². The van der Waals surface area contributed by atoms with Gasteiger partial charge in [0.25, 0.3) is 0 Å². The zero-order valence-corrected chi connectivity index (χ0v) is 16.4. The highest BCUT2D eigenvalue weighted by atomic mass is 32.2. The van der Waals surface area contributed by atoms with Crippen LogP contribution in [-0.2, 0) is 4.79 Å². The molecule has 0 fully saturated rings. The predicted molar refractivity (Wildman–Crippen MR) is 114 cm³/mol. The summed E-state index contributed by atoms with van der Waals surface area (Å²) in [6.07, 6.45) is 0.680. The zero-order valence-electron chi connectivity index (χ0n) is 14.8. The number of benzene rings is 2. The number of nitrogens with one attached hydrogen (secondary N) is 1. The number of hydrogen-bond acceptors (Lipinski definition) is 5. The van der Waals surface area contributed by atoms with E-state index in [2.05, 4.69) is 11.4 Å². The number of nitrogens with zero attached hydrogens (tertiary/aromatic N) is 1. The molecule has 0 saturated carbocycles. The number of carbonyl (C=O) groups excluding carboxylic acids is 1. The van der Waals surface area contributed by atoms with Gasteiger partial charge < -0.3 is 11.1 Å². The molecule has 1 aromatic heterocycles. The van der Waals surface area contributed by atoms with Crippen LogP contribution >= 0.6 is 23.1 Å². The van der Waals surface area contributed by atoms with Crippen LogP contribution in [0.25, 0.3) is 11.1 Å². The molecule has 3 rings (SSSR count). The maximum absolute atomic E-state index is 12.8. The summed E-state index contributed by atoms with van der Waals surface area (Å²) in [5, 5.41) is 14.8. The van der Waals surface area contributed by atoms with Crippen molar-refractivity contribution in [3.63, 3.8) is 0 Å². The molecule has 0 aliphatic rings. The molecule has 1 amide bonds. The SMILES string of the molecule is CCC(Sc1ccc(N)cc1)C(=O)Nc1scc(-c2ccccc2)c1C#N. The Morgan fingerprint density at radius 3 is 2.56 bits per heavy atom. The predicted octanol–water partition coefficient (Wildman–Crippen LogP) is 5.38. The van der Waals surface area contributed by atoms with E-state index in [0.29, 0.717) is 22.7 Å². The Kier molecular flexibility index (Phi) is 6.17. The van der Waals surface area contributed by atoms with E-state index in [1.54, 1.807) is 0 Å². The Labute approximate surface area is 167 Å². The zero-order chi connectivity index (χ0) is 19.2. The summed E-state index contributed by atoms with van der Waals surface area (Å²) in [6.45, 7) is 1.98. The molecule has 27 heavy (non-hydrogen) atoms. The van der Waals surface area contributed by atoms with Crippen LogP contribution in [0, 0.1) is 11.3 Å². The second kappa shape index (κ2) is 8.76. The number of amides is 1. The third-order valence-electron chi connectivity index (χ3n) is 4.05. The van der Waals surface area contributed by atoms with E-state index in [1.807, 2.05) is 66.9 Å². The molecular weight excluding hydrogens is 374 g/mol. The lowest BCUT2D eigenvalue weighted by Crippen LogP contribution is -2.24. The molecule has 0 aliphatic heterocycles. The standard InChI is InChI=1S/C21H19N3OS2/c1-2-19(27-16-10-8-15(23)9-11-16)20(25)24-21-17(12-22)18(13-26-21)14-6-4-3-5-7-14/h3-11,13,19H,2,23H2,1H3,(H,24,25). The Balaban J connectivity index is 1.77. The number of anilines is 2. The fourth-order valence-corrected chi connectivity index (χ4v) is 4.49. The average molecular weight is 394 g/mol. The first-order valence-electron chi connectivity index (χ1n) is 8.52. The highest BCUT2D eigenvalue weighted by Gasteiger charge is 2.21. The number of nitriles is 1. The summed E-state index contributed by atoms with van der Waals surface area (Å²) < 4.78 is 0. The van der Waals surface area contributed by atoms with Crippen LogP contribution in [0.2, 0.25) is 0 Å². The first-order valence-corrected chi connectivity index (χ1v) is 10.3. The van der Waals surface area contributed by atoms with Crippen LogP contribution in [0.5, 0.6) is 0 Å². The van der Waals surface area contributed by atoms with Crippen molar-refractivity contribution in [3.05, 3.63) is 65.5 Å². The van der Waals surface area contributed by atoms with Crippen molar-refractivity contribution in [2.45, 2.75) is 23.5 Å². The van der Waals surface area contributed by atoms with E-state index >= 15 is 0 Å². The van der Waals surface area contributed by atoms with Crippen molar-refractivity contribution < 1.29 is 4.79 Å². The van der Waals surface area contributed by atoms with Gasteiger partial charge in [0.1, 0.15) is 11.1 Å². The number of hydrogen-bond donors (Lipinski definition) is 2. The van der Waals surface area contributed by atoms with Gasteiger partial charge in [-0.05, 0) is 36.2 Å². The van der Waals surface area contributed by atoms with Crippen molar-refractivity contribution in [1.29, 1.82) is 5.26 Å². The molecule has 6 heteroatoms. The van der Waals surface area contributed by atoms with E-state index in [-0.39, 0.29) is 11.2 Å². The van der Waals surface area contributed by atoms with E-state index in [0.717, 1.165) is 16.0 Å². The fourth-order valence-electron chi connectivity index (χ4n) is 2.62. The maximum atomic E-state index is 12.8. The van der Waals surface area contributed by atoms with Crippen molar-refractivity contribution in [2.75, 3.05) is 11.1 Å². The molecule has 0 saturated heterocycles. The second-order valence-electron chi connectivity index (χ2n) is 5.90. The molecule has 0 spiro atoms. The molecular formula is C21H19N3OS2. The number of carbonyl (C=O) groups is 1. The van der Waals surface area contributed by atoms with Gasteiger partial charge in [-0.15, -0.1) is 23.1 Å². The van der Waals surface area contributed by atoms with E-state index in [9.17, 15) is 10.1 Å². The lowest BCUT2D eigenvalue weighted by atomic mass is 10.1. The lowest BCUT2D eigenvalue weighted by Gasteiger charge is -2.14. The summed E-state index contributed by atoms with van der Waals surface area (Å²) in [4.78, 5) is 13.8. The molecule has 1 atom stereocenters. The monoisotopic (exact) mass is 393 g/mol. The van der Waals surface area contributed by atoms with Crippen molar-refractivity contribution in [2.24, 2.45) is 0 Å². The fraction of sp³-hybridized carbons (Fsp3) is 0.143. The van der Waals surface area contributed by atoms with Crippen LogP contribution in [0.3, 0.4) is 0 Å². The molecule has 0 aliphatic carbocycles. The van der Waals surface area contributed by atoms with Crippen molar-refractivity contribution in [3.8, 4) is 17.2 Å². The molecule has 2 aromatic carbocycles. The van der Waals surface area contributed by atoms with Crippen molar-refractivity contribution in [1.82, 2.24) is 0 Å². The van der Waals surface area contributed by atoms with Gasteiger partial charge in [-0.3, -0.25) is 4.79 Å². The minimum atomic E-state index is -0.248. The summed E-state index contributed by atoms with van der Waals surface area (Å²) >= 11 is 2.88. The van der Waals surface area contributed by atoms with Gasteiger partial charge in [0.05, 0.1) is 10.8 Å². The lowest BCUT2D eigenvalue weighted by molar-refractivity contribution is -0.115. The summed E-state index contributed by atoms with van der Waals surface area (Å²) in [7, 11) is 0. The first kappa shape index (κ1) is 19.0. The molecule has 3 aromatic rings. The molecule has 0 radical (unpaired) electrons. The van der Waals surface area contributed by atoms with Crippen LogP contribution in [0.1, 0.15) is 18.9 Å². The second-order valence-corrected chi connectivity index (χ2v) is 8.06. The molecule has 1 heterocycles. The Morgan fingerprint density at radius 2 is 1.93 bits per heavy atom. The molecule has 1 unspecified atom stereocenters. The minimum Gasteiger partial charge on any atom is -0.399 e. The van der Waals surface area contributed by atoms with E-state index in [4.69, 9.17) is 5.73 Å². The van der Waals surface area contributed by atoms with Gasteiger partial charge in [0.15, 0.2) is 0 Å². The topological polar surface area (TPSA) is 78.9 Å². The quantitative estimate of drug-likeness (QED) is 0.435. The highest BCUT2D eigenvalue weighted by Crippen LogP contribution is 2.36. The van der Waals surface area contributed by atoms with Crippen LogP contribution < -0.4 is 11.1 Å². The van der Waals surface area contributed by atoms with Gasteiger partial charge in [-0.1, -0.05) is 37.3 Å². The van der Waals surface area contributed by atoms with Gasteiger partial charge in [0, 0.05) is 21.5 Å². The van der Waals surface area contributed by atoms with E-state index < -0.39 is 0 Å². The average Bonchev–Trinajstić information content (AvgIpc) is 3.10. The van der Waals surface area contributed by atoms with Gasteiger partial charge in [0.2, 0.25) is 5.91 Å². The van der Waals surface area contributed by atoms with Crippen LogP contribution in [-0.4, -0.2) is 11.2 Å². The van der Waals surface area contributed by atoms with Crippen molar-refractivity contribution >= 4 is 39.7 Å². The van der Waals surface area contributed by atoms with Crippen LogP contribution in [0.4, 0.5) is 10.7 Å². The van der Waals surface area contributed by atoms with Gasteiger partial charge in [-0.2, -0.15) is 5.26 Å². The minimum absolute atomic E-state index is 0.0997. The third-order valence-corrected chi connectivity index (χ3v) is 6.32. The normalized spacial score (nSPS) is 11.6. The molecule has 4 nitrogen and oxygen atoms in total. The molecule has 136 valence electrons. The molecule has 0 bridgehead atoms. The Hall–Kier alpha value is -2.75. The van der Waals surface area contributed by atoms with Gasteiger partial charge >= 0.3 is 0 Å². The number of thiophene rings is 1. The smallest absolute Gasteiger partial charge is 0.238 e. The third kappa shape index (κ3) is 4.51. The Bertz CT molecular complexity index is 959. The highest BCUT2D eigenvalue weighted by molar-refractivity contribution is 8.00. The Morgan fingerprint density at radius 1 is 1.22 bits per heavy atom. The number of rotatable bonds is 6. The largest absolute Gasteiger partial charge is 0.399 e. The maximum Gasteiger partial charge on any atom is 0.238 e. The number of nitrogen functional groups attached to an aromatic ring is 1. The summed E-state index contributed by atoms with van der Waals surface area (Å²) in [6, 6.07) is 19.4. The number of nitrogens with two attached hydrogens (primary N) is 1. The number of thioether (sulfide) groups is 1. The first-order chi connectivity index (χ1) is 13.1. The van der Waals surface area contributed by atoms with E-state index in [1.165, 1.54) is 23.1 Å². The summed E-state index contributed by atoms with van der Waals surface area (Å²) in [5.41, 5.74) is 8.73. The molecule has 3 N–H and O–H groups in total. The van der Waals surface area contributed by atoms with Crippen LogP contribution in [0.15, 0.2) is 64.9 Å². The summed E-state index contributed by atoms with van der Waals surface area (Å²) in [5.74, 6) is -0.0997.